The van der Waals surface area contributed by atoms with Gasteiger partial charge in [0.15, 0.2) is 0 Å². The van der Waals surface area contributed by atoms with Crippen molar-refractivity contribution in [1.29, 1.82) is 0 Å². The zero-order valence-electron chi connectivity index (χ0n) is 24.3. The molecule has 0 radical (unpaired) electrons. The van der Waals surface area contributed by atoms with E-state index in [1.54, 1.807) is 72.7 Å². The lowest BCUT2D eigenvalue weighted by atomic mass is 10.1. The van der Waals surface area contributed by atoms with E-state index in [9.17, 15) is 18.0 Å². The number of aromatic nitrogens is 5. The average molecular weight is 605 g/mol. The lowest BCUT2D eigenvalue weighted by Crippen LogP contribution is -2.08. The van der Waals surface area contributed by atoms with Crippen LogP contribution in [0.15, 0.2) is 79.3 Å². The highest BCUT2D eigenvalue weighted by Gasteiger charge is 2.21. The van der Waals surface area contributed by atoms with Crippen LogP contribution in [0.2, 0.25) is 0 Å². The molecular weight excluding hydrogens is 573 g/mol. The van der Waals surface area contributed by atoms with Gasteiger partial charge in [-0.15, -0.1) is 0 Å². The van der Waals surface area contributed by atoms with E-state index in [-0.39, 0.29) is 28.6 Å². The number of halogens is 3. The monoisotopic (exact) mass is 604 g/mol. The van der Waals surface area contributed by atoms with E-state index in [2.05, 4.69) is 15.2 Å². The molecule has 44 heavy (non-hydrogen) atoms. The first-order valence-electron chi connectivity index (χ1n) is 13.8. The van der Waals surface area contributed by atoms with Gasteiger partial charge in [0.05, 0.1) is 29.3 Å². The number of carbonyl (C=O) groups is 1. The number of nitrogens with zero attached hydrogens (tertiary/aromatic N) is 4. The summed E-state index contributed by atoms with van der Waals surface area (Å²) in [7, 11) is 1.75. The van der Waals surface area contributed by atoms with Gasteiger partial charge in [-0.1, -0.05) is 18.2 Å². The molecule has 5 aromatic rings. The third kappa shape index (κ3) is 6.69. The van der Waals surface area contributed by atoms with Gasteiger partial charge in [0.1, 0.15) is 36.7 Å². The van der Waals surface area contributed by atoms with E-state index in [1.807, 2.05) is 13.0 Å². The molecule has 0 saturated heterocycles. The Hall–Kier alpha value is -5.26. The number of aryl methyl sites for hydroxylation is 2. The first-order valence-corrected chi connectivity index (χ1v) is 13.8. The van der Waals surface area contributed by atoms with Crippen LogP contribution in [0.25, 0.3) is 27.7 Å². The number of nitrogens with one attached hydrogen (secondary N) is 1. The molecule has 0 aliphatic heterocycles. The first kappa shape index (κ1) is 30.2. The van der Waals surface area contributed by atoms with E-state index in [4.69, 9.17) is 15.2 Å². The predicted octanol–water partition coefficient (Wildman–Crippen LogP) is 6.37. The molecule has 0 spiro atoms. The minimum absolute atomic E-state index is 0.149. The standard InChI is InChI=1S/C32H31F3N6O3/c1-19-11-23(8-9-28(19)43-10-6-4-5-7-20(2)33)41-32(36)25(16-38-41)31(42)27-12-21-13-29(44-18-30(34)35)24(14-26(21)39-27)22-15-37-40(3)17-22/h4-9,11-17,20,30,39H,10,18,36H2,1-3H3/b6-4-,7-5-. The number of nitrogen functional groups attached to an aromatic ring is 1. The van der Waals surface area contributed by atoms with Gasteiger partial charge >= 0.3 is 0 Å². The van der Waals surface area contributed by atoms with Crippen LogP contribution < -0.4 is 15.2 Å². The van der Waals surface area contributed by atoms with Crippen LogP contribution in [0.5, 0.6) is 11.5 Å². The molecule has 0 saturated carbocycles. The number of nitrogens with two attached hydrogens (primary N) is 1. The highest BCUT2D eigenvalue weighted by Crippen LogP contribution is 2.35. The number of H-pyrrole nitrogens is 1. The van der Waals surface area contributed by atoms with Crippen molar-refractivity contribution in [2.45, 2.75) is 26.4 Å². The second-order valence-electron chi connectivity index (χ2n) is 10.2. The van der Waals surface area contributed by atoms with Gasteiger partial charge in [-0.25, -0.2) is 17.9 Å². The number of benzene rings is 2. The van der Waals surface area contributed by atoms with Crippen molar-refractivity contribution < 1.29 is 27.4 Å². The van der Waals surface area contributed by atoms with Crippen LogP contribution in [0.1, 0.15) is 28.5 Å². The smallest absolute Gasteiger partial charge is 0.272 e. The summed E-state index contributed by atoms with van der Waals surface area (Å²) in [6.07, 6.45) is 7.65. The SMILES string of the molecule is Cc1cc(-n2ncc(C(=O)c3cc4cc(OCC(F)F)c(-c5cnn(C)c5)cc4[nH]3)c2N)ccc1OC/C=C\C=C/C(C)F. The number of fused-ring (bicyclic) bond motifs is 1. The molecule has 5 rings (SSSR count). The number of rotatable bonds is 12. The number of anilines is 1. The van der Waals surface area contributed by atoms with E-state index in [1.165, 1.54) is 23.9 Å². The molecule has 0 fully saturated rings. The van der Waals surface area contributed by atoms with E-state index in [0.717, 1.165) is 5.56 Å². The maximum Gasteiger partial charge on any atom is 0.272 e. The van der Waals surface area contributed by atoms with Gasteiger partial charge < -0.3 is 20.2 Å². The van der Waals surface area contributed by atoms with Gasteiger partial charge in [-0.2, -0.15) is 10.2 Å². The fraction of sp³-hybridized carbons (Fsp3) is 0.219. The second kappa shape index (κ2) is 12.9. The fourth-order valence-electron chi connectivity index (χ4n) is 4.64. The normalized spacial score (nSPS) is 12.6. The molecule has 0 amide bonds. The van der Waals surface area contributed by atoms with Crippen molar-refractivity contribution in [3.8, 4) is 28.3 Å². The van der Waals surface area contributed by atoms with Gasteiger partial charge in [0, 0.05) is 35.3 Å². The molecule has 9 nitrogen and oxygen atoms in total. The summed E-state index contributed by atoms with van der Waals surface area (Å²) in [6, 6.07) is 10.4. The second-order valence-corrected chi connectivity index (χ2v) is 10.2. The summed E-state index contributed by atoms with van der Waals surface area (Å²) in [6.45, 7) is 2.87. The lowest BCUT2D eigenvalue weighted by molar-refractivity contribution is 0.0822. The highest BCUT2D eigenvalue weighted by molar-refractivity contribution is 6.12. The predicted molar refractivity (Wildman–Crippen MR) is 162 cm³/mol. The molecule has 1 atom stereocenters. The number of hydrogen-bond donors (Lipinski definition) is 2. The Kier molecular flexibility index (Phi) is 8.88. The highest BCUT2D eigenvalue weighted by atomic mass is 19.3. The minimum atomic E-state index is -2.65. The number of ketones is 1. The maximum absolute atomic E-state index is 13.5. The Labute approximate surface area is 251 Å². The minimum Gasteiger partial charge on any atom is -0.489 e. The van der Waals surface area contributed by atoms with Gasteiger partial charge in [-0.3, -0.25) is 9.48 Å². The molecule has 12 heteroatoms. The van der Waals surface area contributed by atoms with E-state index < -0.39 is 19.2 Å². The van der Waals surface area contributed by atoms with Crippen LogP contribution in [-0.4, -0.2) is 56.1 Å². The summed E-state index contributed by atoms with van der Waals surface area (Å²) < 4.78 is 53.0. The van der Waals surface area contributed by atoms with Crippen molar-refractivity contribution in [2.24, 2.45) is 7.05 Å². The number of aromatic amines is 1. The van der Waals surface area contributed by atoms with Crippen LogP contribution in [0, 0.1) is 6.92 Å². The maximum atomic E-state index is 13.5. The quantitative estimate of drug-likeness (QED) is 0.126. The molecule has 3 N–H and O–H groups in total. The Morgan fingerprint density at radius 3 is 2.59 bits per heavy atom. The zero-order valence-corrected chi connectivity index (χ0v) is 24.3. The summed E-state index contributed by atoms with van der Waals surface area (Å²) in [5.74, 6) is 0.667. The van der Waals surface area contributed by atoms with Crippen LogP contribution in [0.3, 0.4) is 0 Å². The topological polar surface area (TPSA) is 113 Å². The number of allylic oxidation sites excluding steroid dienone is 3. The Balaban J connectivity index is 1.37. The van der Waals surface area contributed by atoms with Crippen LogP contribution >= 0.6 is 0 Å². The average Bonchev–Trinajstić information content (AvgIpc) is 3.71. The Morgan fingerprint density at radius 2 is 1.89 bits per heavy atom. The number of carbonyl (C=O) groups excluding carboxylic acids is 1. The third-order valence-corrected chi connectivity index (χ3v) is 6.76. The molecule has 228 valence electrons. The van der Waals surface area contributed by atoms with Crippen LogP contribution in [0.4, 0.5) is 19.0 Å². The Morgan fingerprint density at radius 1 is 1.07 bits per heavy atom. The molecular formula is C32H31F3N6O3. The number of alkyl halides is 3. The van der Waals surface area contributed by atoms with Crippen molar-refractivity contribution >= 4 is 22.5 Å². The van der Waals surface area contributed by atoms with Crippen molar-refractivity contribution in [2.75, 3.05) is 18.9 Å². The van der Waals surface area contributed by atoms with Gasteiger partial charge in [-0.05, 0) is 61.9 Å². The summed E-state index contributed by atoms with van der Waals surface area (Å²) in [4.78, 5) is 16.6. The summed E-state index contributed by atoms with van der Waals surface area (Å²) in [5, 5.41) is 9.11. The van der Waals surface area contributed by atoms with Crippen molar-refractivity contribution in [1.82, 2.24) is 24.5 Å². The van der Waals surface area contributed by atoms with Gasteiger partial charge in [0.2, 0.25) is 5.78 Å². The molecule has 3 aromatic heterocycles. The molecule has 0 bridgehead atoms. The summed E-state index contributed by atoms with van der Waals surface area (Å²) in [5.41, 5.74) is 10.1. The fourth-order valence-corrected chi connectivity index (χ4v) is 4.64. The number of ether oxygens (including phenoxy) is 2. The number of hydrogen-bond acceptors (Lipinski definition) is 6. The van der Waals surface area contributed by atoms with Gasteiger partial charge in [0.25, 0.3) is 6.43 Å². The van der Waals surface area contributed by atoms with Crippen molar-refractivity contribution in [3.63, 3.8) is 0 Å². The zero-order chi connectivity index (χ0) is 31.4. The lowest BCUT2D eigenvalue weighted by Gasteiger charge is -2.10. The van der Waals surface area contributed by atoms with E-state index in [0.29, 0.717) is 40.1 Å². The van der Waals surface area contributed by atoms with E-state index >= 15 is 0 Å². The molecule has 3 heterocycles. The van der Waals surface area contributed by atoms with Crippen molar-refractivity contribution in [3.05, 3.63) is 96.1 Å². The molecule has 2 aromatic carbocycles. The molecule has 1 unspecified atom stereocenters. The first-order chi connectivity index (χ1) is 21.1. The molecule has 0 aliphatic carbocycles. The molecule has 0 aliphatic rings. The summed E-state index contributed by atoms with van der Waals surface area (Å²) >= 11 is 0. The largest absolute Gasteiger partial charge is 0.489 e. The Bertz CT molecular complexity index is 1850. The third-order valence-electron chi connectivity index (χ3n) is 6.76. The van der Waals surface area contributed by atoms with Crippen LogP contribution in [-0.2, 0) is 7.05 Å².